The fraction of sp³-hybridized carbons (Fsp3) is 0.833. The fourth-order valence-electron chi connectivity index (χ4n) is 2.34. The van der Waals surface area contributed by atoms with Gasteiger partial charge < -0.3 is 20.3 Å². The molecule has 19 heavy (non-hydrogen) atoms. The molecule has 1 atom stereocenters. The van der Waals surface area contributed by atoms with Gasteiger partial charge in [-0.15, -0.1) is 0 Å². The third kappa shape index (κ3) is 3.89. The molecule has 108 valence electrons. The number of nitrogens with zero attached hydrogens (tertiary/aromatic N) is 2. The molecule has 0 spiro atoms. The van der Waals surface area contributed by atoms with Crippen LogP contribution in [0, 0.1) is 0 Å². The Bertz CT molecular complexity index is 323. The standard InChI is InChI=1S/C12H22N4O3/c1-13-11(17)9-15-3-5-16(6-4-15)12(18)10-8-14-2-7-19-10/h10,14H,2-9H2,1H3,(H,13,17). The molecular weight excluding hydrogens is 248 g/mol. The zero-order chi connectivity index (χ0) is 13.7. The minimum Gasteiger partial charge on any atom is -0.366 e. The molecule has 0 saturated carbocycles. The lowest BCUT2D eigenvalue weighted by Gasteiger charge is -2.36. The summed E-state index contributed by atoms with van der Waals surface area (Å²) in [6.45, 7) is 5.19. The molecule has 2 fully saturated rings. The molecule has 0 radical (unpaired) electrons. The molecule has 2 heterocycles. The predicted molar refractivity (Wildman–Crippen MR) is 69.7 cm³/mol. The zero-order valence-corrected chi connectivity index (χ0v) is 11.4. The van der Waals surface area contributed by atoms with Crippen LogP contribution in [0.4, 0.5) is 0 Å². The van der Waals surface area contributed by atoms with Gasteiger partial charge >= 0.3 is 0 Å². The number of ether oxygens (including phenoxy) is 1. The van der Waals surface area contributed by atoms with Crippen LogP contribution in [0.5, 0.6) is 0 Å². The monoisotopic (exact) mass is 270 g/mol. The van der Waals surface area contributed by atoms with E-state index < -0.39 is 0 Å². The lowest BCUT2D eigenvalue weighted by atomic mass is 10.2. The van der Waals surface area contributed by atoms with E-state index in [2.05, 4.69) is 15.5 Å². The van der Waals surface area contributed by atoms with Gasteiger partial charge in [0.15, 0.2) is 0 Å². The topological polar surface area (TPSA) is 73.9 Å². The van der Waals surface area contributed by atoms with Crippen LogP contribution in [-0.2, 0) is 14.3 Å². The molecule has 7 nitrogen and oxygen atoms in total. The lowest BCUT2D eigenvalue weighted by Crippen LogP contribution is -2.56. The van der Waals surface area contributed by atoms with Gasteiger partial charge in [0.05, 0.1) is 13.2 Å². The van der Waals surface area contributed by atoms with E-state index in [1.54, 1.807) is 7.05 Å². The minimum atomic E-state index is -0.348. The molecule has 7 heteroatoms. The van der Waals surface area contributed by atoms with Gasteiger partial charge in [-0.3, -0.25) is 14.5 Å². The Kier molecular flexibility index (Phi) is 5.12. The molecular formula is C12H22N4O3. The summed E-state index contributed by atoms with van der Waals surface area (Å²) in [5, 5.41) is 5.77. The third-order valence-corrected chi connectivity index (χ3v) is 3.53. The van der Waals surface area contributed by atoms with Crippen LogP contribution in [-0.4, -0.2) is 87.2 Å². The van der Waals surface area contributed by atoms with Gasteiger partial charge in [0, 0.05) is 46.3 Å². The van der Waals surface area contributed by atoms with Crippen LogP contribution >= 0.6 is 0 Å². The number of hydrogen-bond acceptors (Lipinski definition) is 5. The quantitative estimate of drug-likeness (QED) is 0.612. The summed E-state index contributed by atoms with van der Waals surface area (Å²) in [7, 11) is 1.63. The average Bonchev–Trinajstić information content (AvgIpc) is 2.48. The van der Waals surface area contributed by atoms with Crippen molar-refractivity contribution in [3.8, 4) is 0 Å². The van der Waals surface area contributed by atoms with E-state index in [4.69, 9.17) is 4.74 Å². The van der Waals surface area contributed by atoms with Crippen LogP contribution in [0.2, 0.25) is 0 Å². The second-order valence-electron chi connectivity index (χ2n) is 4.84. The minimum absolute atomic E-state index is 0.0135. The highest BCUT2D eigenvalue weighted by molar-refractivity contribution is 5.81. The first-order chi connectivity index (χ1) is 9.20. The Labute approximate surface area is 113 Å². The highest BCUT2D eigenvalue weighted by Crippen LogP contribution is 2.07. The second kappa shape index (κ2) is 6.83. The Hall–Kier alpha value is -1.18. The van der Waals surface area contributed by atoms with E-state index in [0.717, 1.165) is 19.6 Å². The van der Waals surface area contributed by atoms with Crippen LogP contribution in [0.3, 0.4) is 0 Å². The van der Waals surface area contributed by atoms with Crippen molar-refractivity contribution >= 4 is 11.8 Å². The largest absolute Gasteiger partial charge is 0.366 e. The zero-order valence-electron chi connectivity index (χ0n) is 11.4. The highest BCUT2D eigenvalue weighted by Gasteiger charge is 2.29. The van der Waals surface area contributed by atoms with Crippen molar-refractivity contribution in [2.45, 2.75) is 6.10 Å². The number of piperazine rings is 1. The summed E-state index contributed by atoms with van der Waals surface area (Å²) < 4.78 is 5.47. The van der Waals surface area contributed by atoms with Crippen molar-refractivity contribution in [3.63, 3.8) is 0 Å². The van der Waals surface area contributed by atoms with E-state index in [1.807, 2.05) is 4.90 Å². The molecule has 0 aliphatic carbocycles. The van der Waals surface area contributed by atoms with Gasteiger partial charge in [-0.25, -0.2) is 0 Å². The number of carbonyl (C=O) groups is 2. The molecule has 0 aromatic carbocycles. The normalized spacial score (nSPS) is 25.1. The number of nitrogens with one attached hydrogen (secondary N) is 2. The van der Waals surface area contributed by atoms with E-state index in [1.165, 1.54) is 0 Å². The van der Waals surface area contributed by atoms with E-state index in [-0.39, 0.29) is 17.9 Å². The van der Waals surface area contributed by atoms with Gasteiger partial charge in [0.1, 0.15) is 6.10 Å². The van der Waals surface area contributed by atoms with Crippen molar-refractivity contribution in [1.29, 1.82) is 0 Å². The first-order valence-corrected chi connectivity index (χ1v) is 6.74. The van der Waals surface area contributed by atoms with Gasteiger partial charge in [0.2, 0.25) is 5.91 Å². The molecule has 2 amide bonds. The summed E-state index contributed by atoms with van der Waals surface area (Å²) in [4.78, 5) is 27.4. The molecule has 2 N–H and O–H groups in total. The Morgan fingerprint density at radius 2 is 2.05 bits per heavy atom. The van der Waals surface area contributed by atoms with Crippen molar-refractivity contribution in [3.05, 3.63) is 0 Å². The molecule has 0 bridgehead atoms. The number of morpholine rings is 1. The summed E-state index contributed by atoms with van der Waals surface area (Å²) >= 11 is 0. The fourth-order valence-corrected chi connectivity index (χ4v) is 2.34. The molecule has 2 aliphatic rings. The Morgan fingerprint density at radius 1 is 1.32 bits per heavy atom. The van der Waals surface area contributed by atoms with E-state index in [0.29, 0.717) is 32.8 Å². The summed E-state index contributed by atoms with van der Waals surface area (Å²) in [6.07, 6.45) is -0.348. The van der Waals surface area contributed by atoms with E-state index in [9.17, 15) is 9.59 Å². The van der Waals surface area contributed by atoms with Crippen LogP contribution in [0.1, 0.15) is 0 Å². The maximum atomic E-state index is 12.2. The number of rotatable bonds is 3. The molecule has 1 unspecified atom stereocenters. The number of hydrogen-bond donors (Lipinski definition) is 2. The van der Waals surface area contributed by atoms with Crippen molar-refractivity contribution in [2.24, 2.45) is 0 Å². The molecule has 2 saturated heterocycles. The van der Waals surface area contributed by atoms with Crippen LogP contribution in [0.15, 0.2) is 0 Å². The van der Waals surface area contributed by atoms with Crippen molar-refractivity contribution in [2.75, 3.05) is 59.5 Å². The molecule has 2 aliphatic heterocycles. The van der Waals surface area contributed by atoms with E-state index >= 15 is 0 Å². The summed E-state index contributed by atoms with van der Waals surface area (Å²) in [5.74, 6) is 0.0754. The van der Waals surface area contributed by atoms with Crippen LogP contribution < -0.4 is 10.6 Å². The number of likely N-dealkylation sites (N-methyl/N-ethyl adjacent to an activating group) is 1. The highest BCUT2D eigenvalue weighted by atomic mass is 16.5. The van der Waals surface area contributed by atoms with Gasteiger partial charge in [0.25, 0.3) is 5.91 Å². The van der Waals surface area contributed by atoms with Gasteiger partial charge in [-0.1, -0.05) is 0 Å². The molecule has 0 aromatic rings. The smallest absolute Gasteiger partial charge is 0.253 e. The average molecular weight is 270 g/mol. The van der Waals surface area contributed by atoms with Crippen molar-refractivity contribution in [1.82, 2.24) is 20.4 Å². The summed E-state index contributed by atoms with van der Waals surface area (Å²) in [5.41, 5.74) is 0. The Balaban J connectivity index is 1.76. The first kappa shape index (κ1) is 14.2. The molecule has 0 aromatic heterocycles. The maximum Gasteiger partial charge on any atom is 0.253 e. The summed E-state index contributed by atoms with van der Waals surface area (Å²) in [6, 6.07) is 0. The number of carbonyl (C=O) groups excluding carboxylic acids is 2. The molecule has 2 rings (SSSR count). The SMILES string of the molecule is CNC(=O)CN1CCN(C(=O)C2CNCCO2)CC1. The second-order valence-corrected chi connectivity index (χ2v) is 4.84. The van der Waals surface area contributed by atoms with Gasteiger partial charge in [-0.05, 0) is 0 Å². The van der Waals surface area contributed by atoms with Gasteiger partial charge in [-0.2, -0.15) is 0 Å². The lowest BCUT2D eigenvalue weighted by molar-refractivity contribution is -0.147. The number of amides is 2. The van der Waals surface area contributed by atoms with Crippen LogP contribution in [0.25, 0.3) is 0 Å². The first-order valence-electron chi connectivity index (χ1n) is 6.74. The Morgan fingerprint density at radius 3 is 2.63 bits per heavy atom. The third-order valence-electron chi connectivity index (χ3n) is 3.53. The maximum absolute atomic E-state index is 12.2. The van der Waals surface area contributed by atoms with Crippen molar-refractivity contribution < 1.29 is 14.3 Å². The predicted octanol–water partition coefficient (Wildman–Crippen LogP) is -2.13.